The molecule has 4 heteroatoms. The van der Waals surface area contributed by atoms with E-state index in [0.29, 0.717) is 6.61 Å². The van der Waals surface area contributed by atoms with Crippen LogP contribution in [-0.2, 0) is 11.3 Å². The molecule has 1 aliphatic heterocycles. The van der Waals surface area contributed by atoms with Crippen LogP contribution in [0, 0.1) is 13.8 Å². The summed E-state index contributed by atoms with van der Waals surface area (Å²) in [5.74, 6) is 0. The van der Waals surface area contributed by atoms with Crippen LogP contribution in [0.25, 0.3) is 0 Å². The number of hydrogen-bond acceptors (Lipinski definition) is 4. The molecule has 0 bridgehead atoms. The van der Waals surface area contributed by atoms with Crippen molar-refractivity contribution in [2.75, 3.05) is 52.5 Å². The van der Waals surface area contributed by atoms with E-state index >= 15 is 0 Å². The topological polar surface area (TPSA) is 35.9 Å². The molecule has 2 rings (SSSR count). The Morgan fingerprint density at radius 2 is 1.76 bits per heavy atom. The van der Waals surface area contributed by atoms with Crippen LogP contribution < -0.4 is 0 Å². The third-order valence-electron chi connectivity index (χ3n) is 4.14. The van der Waals surface area contributed by atoms with Gasteiger partial charge in [-0.15, -0.1) is 0 Å². The highest BCUT2D eigenvalue weighted by Crippen LogP contribution is 2.14. The van der Waals surface area contributed by atoms with Crippen molar-refractivity contribution in [3.05, 3.63) is 34.9 Å². The highest BCUT2D eigenvalue weighted by atomic mass is 16.5. The highest BCUT2D eigenvalue weighted by molar-refractivity contribution is 5.30. The highest BCUT2D eigenvalue weighted by Gasteiger charge is 2.17. The summed E-state index contributed by atoms with van der Waals surface area (Å²) >= 11 is 0. The fourth-order valence-corrected chi connectivity index (χ4v) is 2.80. The molecule has 1 heterocycles. The smallest absolute Gasteiger partial charge is 0.0698 e. The Kier molecular flexibility index (Phi) is 6.64. The lowest BCUT2D eigenvalue weighted by molar-refractivity contribution is 0.0563. The molecular weight excluding hydrogens is 264 g/mol. The summed E-state index contributed by atoms with van der Waals surface area (Å²) in [7, 11) is 0. The molecular formula is C17H28N2O2. The minimum atomic E-state index is 0.115. The minimum absolute atomic E-state index is 0.115. The molecule has 21 heavy (non-hydrogen) atoms. The molecule has 0 spiro atoms. The largest absolute Gasteiger partial charge is 0.394 e. The molecule has 118 valence electrons. The van der Waals surface area contributed by atoms with E-state index in [1.54, 1.807) is 0 Å². The Morgan fingerprint density at radius 3 is 2.43 bits per heavy atom. The Balaban J connectivity index is 1.71. The molecule has 1 saturated heterocycles. The number of aryl methyl sites for hydroxylation is 2. The molecule has 0 atom stereocenters. The lowest BCUT2D eigenvalue weighted by atomic mass is 10.1. The van der Waals surface area contributed by atoms with Gasteiger partial charge in [0.2, 0.25) is 0 Å². The molecule has 4 nitrogen and oxygen atoms in total. The van der Waals surface area contributed by atoms with Crippen LogP contribution in [0.1, 0.15) is 16.7 Å². The van der Waals surface area contributed by atoms with Crippen LogP contribution in [-0.4, -0.2) is 67.5 Å². The first-order chi connectivity index (χ1) is 10.2. The van der Waals surface area contributed by atoms with E-state index < -0.39 is 0 Å². The fourth-order valence-electron chi connectivity index (χ4n) is 2.80. The Hall–Kier alpha value is -0.940. The normalized spacial score (nSPS) is 17.3. The average molecular weight is 292 g/mol. The standard InChI is InChI=1S/C17H28N2O2/c1-15-3-4-17(16(2)13-15)14-19-7-5-18(6-8-19)9-11-21-12-10-20/h3-4,13,20H,5-12,14H2,1-2H3. The number of aliphatic hydroxyl groups is 1. The zero-order valence-electron chi connectivity index (χ0n) is 13.3. The minimum Gasteiger partial charge on any atom is -0.394 e. The summed E-state index contributed by atoms with van der Waals surface area (Å²) < 4.78 is 5.33. The van der Waals surface area contributed by atoms with Crippen molar-refractivity contribution in [2.24, 2.45) is 0 Å². The average Bonchev–Trinajstić information content (AvgIpc) is 2.48. The molecule has 0 aliphatic carbocycles. The number of ether oxygens (including phenoxy) is 1. The third-order valence-corrected chi connectivity index (χ3v) is 4.14. The van der Waals surface area contributed by atoms with Crippen LogP contribution in [0.15, 0.2) is 18.2 Å². The first-order valence-corrected chi connectivity index (χ1v) is 7.88. The Labute approximate surface area is 128 Å². The van der Waals surface area contributed by atoms with Gasteiger partial charge in [0.1, 0.15) is 0 Å². The van der Waals surface area contributed by atoms with Crippen LogP contribution in [0.2, 0.25) is 0 Å². The number of nitrogens with zero attached hydrogens (tertiary/aromatic N) is 2. The lowest BCUT2D eigenvalue weighted by Crippen LogP contribution is -2.46. The zero-order chi connectivity index (χ0) is 15.1. The second kappa shape index (κ2) is 8.49. The maximum atomic E-state index is 8.67. The summed E-state index contributed by atoms with van der Waals surface area (Å²) in [5.41, 5.74) is 4.18. The zero-order valence-corrected chi connectivity index (χ0v) is 13.3. The first kappa shape index (κ1) is 16.4. The van der Waals surface area contributed by atoms with Crippen molar-refractivity contribution in [3.8, 4) is 0 Å². The molecule has 1 aromatic carbocycles. The van der Waals surface area contributed by atoms with E-state index in [4.69, 9.17) is 9.84 Å². The van der Waals surface area contributed by atoms with Crippen LogP contribution >= 0.6 is 0 Å². The van der Waals surface area contributed by atoms with Gasteiger partial charge in [0, 0.05) is 39.3 Å². The maximum absolute atomic E-state index is 8.67. The van der Waals surface area contributed by atoms with E-state index in [1.165, 1.54) is 16.7 Å². The SMILES string of the molecule is Cc1ccc(CN2CCN(CCOCCO)CC2)c(C)c1. The second-order valence-electron chi connectivity index (χ2n) is 5.88. The fraction of sp³-hybridized carbons (Fsp3) is 0.647. The summed E-state index contributed by atoms with van der Waals surface area (Å²) in [5, 5.41) is 8.67. The summed E-state index contributed by atoms with van der Waals surface area (Å²) in [4.78, 5) is 4.97. The number of piperazine rings is 1. The maximum Gasteiger partial charge on any atom is 0.0698 e. The monoisotopic (exact) mass is 292 g/mol. The Bertz CT molecular complexity index is 429. The van der Waals surface area contributed by atoms with Crippen molar-refractivity contribution < 1.29 is 9.84 Å². The van der Waals surface area contributed by atoms with Gasteiger partial charge in [-0.05, 0) is 25.0 Å². The lowest BCUT2D eigenvalue weighted by Gasteiger charge is -2.34. The molecule has 0 radical (unpaired) electrons. The summed E-state index contributed by atoms with van der Waals surface area (Å²) in [6.07, 6.45) is 0. The predicted octanol–water partition coefficient (Wildman–Crippen LogP) is 1.43. The quantitative estimate of drug-likeness (QED) is 0.771. The van der Waals surface area contributed by atoms with E-state index in [0.717, 1.165) is 45.9 Å². The van der Waals surface area contributed by atoms with Gasteiger partial charge in [0.25, 0.3) is 0 Å². The van der Waals surface area contributed by atoms with Gasteiger partial charge >= 0.3 is 0 Å². The Morgan fingerprint density at radius 1 is 1.05 bits per heavy atom. The van der Waals surface area contributed by atoms with E-state index in [2.05, 4.69) is 41.8 Å². The summed E-state index contributed by atoms with van der Waals surface area (Å²) in [6, 6.07) is 6.74. The van der Waals surface area contributed by atoms with E-state index in [9.17, 15) is 0 Å². The first-order valence-electron chi connectivity index (χ1n) is 7.88. The van der Waals surface area contributed by atoms with Gasteiger partial charge in [-0.3, -0.25) is 9.80 Å². The molecule has 0 amide bonds. The van der Waals surface area contributed by atoms with Crippen molar-refractivity contribution in [1.82, 2.24) is 9.80 Å². The van der Waals surface area contributed by atoms with Crippen LogP contribution in [0.4, 0.5) is 0 Å². The number of benzene rings is 1. The summed E-state index contributed by atoms with van der Waals surface area (Å²) in [6.45, 7) is 12.1. The molecule has 1 aromatic rings. The number of hydrogen-bond donors (Lipinski definition) is 1. The molecule has 0 aromatic heterocycles. The van der Waals surface area contributed by atoms with Gasteiger partial charge in [-0.25, -0.2) is 0 Å². The molecule has 1 N–H and O–H groups in total. The van der Waals surface area contributed by atoms with Crippen molar-refractivity contribution >= 4 is 0 Å². The molecule has 0 unspecified atom stereocenters. The second-order valence-corrected chi connectivity index (χ2v) is 5.88. The van der Waals surface area contributed by atoms with Gasteiger partial charge in [0.05, 0.1) is 19.8 Å². The van der Waals surface area contributed by atoms with Crippen LogP contribution in [0.3, 0.4) is 0 Å². The van der Waals surface area contributed by atoms with Crippen LogP contribution in [0.5, 0.6) is 0 Å². The van der Waals surface area contributed by atoms with Crippen molar-refractivity contribution in [2.45, 2.75) is 20.4 Å². The van der Waals surface area contributed by atoms with Gasteiger partial charge < -0.3 is 9.84 Å². The number of aliphatic hydroxyl groups excluding tert-OH is 1. The number of rotatable bonds is 7. The van der Waals surface area contributed by atoms with Gasteiger partial charge in [-0.1, -0.05) is 23.8 Å². The predicted molar refractivity (Wildman–Crippen MR) is 85.5 cm³/mol. The third kappa shape index (κ3) is 5.40. The van der Waals surface area contributed by atoms with Crippen molar-refractivity contribution in [3.63, 3.8) is 0 Å². The van der Waals surface area contributed by atoms with Crippen molar-refractivity contribution in [1.29, 1.82) is 0 Å². The van der Waals surface area contributed by atoms with E-state index in [1.807, 2.05) is 0 Å². The van der Waals surface area contributed by atoms with E-state index in [-0.39, 0.29) is 6.61 Å². The molecule has 1 fully saturated rings. The molecule has 1 aliphatic rings. The van der Waals surface area contributed by atoms with Gasteiger partial charge in [0.15, 0.2) is 0 Å². The van der Waals surface area contributed by atoms with Gasteiger partial charge in [-0.2, -0.15) is 0 Å². The molecule has 0 saturated carbocycles.